The zero-order chi connectivity index (χ0) is 20.9. The molecule has 152 valence electrons. The van der Waals surface area contributed by atoms with E-state index in [0.717, 1.165) is 12.1 Å². The molecule has 0 saturated heterocycles. The van der Waals surface area contributed by atoms with E-state index in [0.29, 0.717) is 19.5 Å². The molecule has 1 aromatic heterocycles. The number of sulfonamides is 1. The zero-order valence-corrected chi connectivity index (χ0v) is 16.8. The van der Waals surface area contributed by atoms with E-state index in [1.54, 1.807) is 12.5 Å². The third-order valence-electron chi connectivity index (χ3n) is 4.03. The molecule has 0 fully saturated rings. The molecule has 1 amide bonds. The molecule has 0 atom stereocenters. The van der Waals surface area contributed by atoms with Gasteiger partial charge in [-0.25, -0.2) is 17.8 Å². The summed E-state index contributed by atoms with van der Waals surface area (Å²) in [7, 11) is -3.98. The lowest BCUT2D eigenvalue weighted by molar-refractivity contribution is 0.0952. The fourth-order valence-electron chi connectivity index (χ4n) is 2.56. The number of nitrogens with zero attached hydrogens (tertiary/aromatic N) is 2. The van der Waals surface area contributed by atoms with E-state index >= 15 is 0 Å². The van der Waals surface area contributed by atoms with Crippen molar-refractivity contribution in [2.75, 3.05) is 11.3 Å². The smallest absolute Gasteiger partial charge is 0.261 e. The van der Waals surface area contributed by atoms with Crippen molar-refractivity contribution in [3.63, 3.8) is 0 Å². The first kappa shape index (κ1) is 20.8. The van der Waals surface area contributed by atoms with Crippen LogP contribution >= 0.6 is 11.6 Å². The van der Waals surface area contributed by atoms with E-state index < -0.39 is 21.7 Å². The van der Waals surface area contributed by atoms with Crippen LogP contribution in [0.25, 0.3) is 0 Å². The average molecular weight is 437 g/mol. The summed E-state index contributed by atoms with van der Waals surface area (Å²) < 4.78 is 42.4. The highest BCUT2D eigenvalue weighted by Crippen LogP contribution is 2.22. The number of amides is 1. The SMILES string of the molecule is O=C(NCCCn1ccnc1)c1cc(S(=O)(=O)Nc2ccc(F)cc2)ccc1Cl. The van der Waals surface area contributed by atoms with Crippen LogP contribution in [0.2, 0.25) is 5.02 Å². The van der Waals surface area contributed by atoms with Crippen LogP contribution in [0.15, 0.2) is 66.1 Å². The van der Waals surface area contributed by atoms with E-state index in [9.17, 15) is 17.6 Å². The molecule has 0 aliphatic carbocycles. The van der Waals surface area contributed by atoms with Gasteiger partial charge in [0.15, 0.2) is 0 Å². The maximum atomic E-state index is 13.0. The summed E-state index contributed by atoms with van der Waals surface area (Å²) in [5, 5.41) is 2.86. The predicted molar refractivity (Wildman–Crippen MR) is 108 cm³/mol. The summed E-state index contributed by atoms with van der Waals surface area (Å²) in [6, 6.07) is 8.74. The first-order valence-corrected chi connectivity index (χ1v) is 10.5. The van der Waals surface area contributed by atoms with Crippen molar-refractivity contribution in [2.45, 2.75) is 17.9 Å². The van der Waals surface area contributed by atoms with Gasteiger partial charge in [0, 0.05) is 31.2 Å². The highest BCUT2D eigenvalue weighted by atomic mass is 35.5. The van der Waals surface area contributed by atoms with Crippen molar-refractivity contribution in [3.8, 4) is 0 Å². The van der Waals surface area contributed by atoms with Gasteiger partial charge in [0.2, 0.25) is 0 Å². The third kappa shape index (κ3) is 5.55. The van der Waals surface area contributed by atoms with Crippen LogP contribution in [0, 0.1) is 5.82 Å². The fourth-order valence-corrected chi connectivity index (χ4v) is 3.84. The van der Waals surface area contributed by atoms with Gasteiger partial charge in [-0.15, -0.1) is 0 Å². The van der Waals surface area contributed by atoms with Crippen molar-refractivity contribution in [1.29, 1.82) is 0 Å². The molecule has 2 N–H and O–H groups in total. The number of aryl methyl sites for hydroxylation is 1. The number of halogens is 2. The lowest BCUT2D eigenvalue weighted by atomic mass is 10.2. The summed E-state index contributed by atoms with van der Waals surface area (Å²) in [6.45, 7) is 1.07. The highest BCUT2D eigenvalue weighted by molar-refractivity contribution is 7.92. The Bertz CT molecular complexity index is 1090. The molecular weight excluding hydrogens is 419 g/mol. The second-order valence-electron chi connectivity index (χ2n) is 6.16. The van der Waals surface area contributed by atoms with Gasteiger partial charge in [0.25, 0.3) is 15.9 Å². The van der Waals surface area contributed by atoms with Gasteiger partial charge in [0.05, 0.1) is 21.8 Å². The van der Waals surface area contributed by atoms with Crippen LogP contribution in [0.3, 0.4) is 0 Å². The average Bonchev–Trinajstić information content (AvgIpc) is 3.20. The number of hydrogen-bond acceptors (Lipinski definition) is 4. The molecule has 29 heavy (non-hydrogen) atoms. The number of hydrogen-bond donors (Lipinski definition) is 2. The Morgan fingerprint density at radius 1 is 1.17 bits per heavy atom. The number of benzene rings is 2. The molecule has 7 nitrogen and oxygen atoms in total. The molecule has 3 rings (SSSR count). The number of aromatic nitrogens is 2. The molecule has 2 aromatic carbocycles. The van der Waals surface area contributed by atoms with Crippen LogP contribution in [-0.2, 0) is 16.6 Å². The van der Waals surface area contributed by atoms with Gasteiger partial charge >= 0.3 is 0 Å². The first-order valence-electron chi connectivity index (χ1n) is 8.67. The van der Waals surface area contributed by atoms with E-state index in [4.69, 9.17) is 11.6 Å². The minimum absolute atomic E-state index is 0.0521. The summed E-state index contributed by atoms with van der Waals surface area (Å²) >= 11 is 6.08. The molecule has 3 aromatic rings. The minimum Gasteiger partial charge on any atom is -0.352 e. The monoisotopic (exact) mass is 436 g/mol. The van der Waals surface area contributed by atoms with Gasteiger partial charge in [-0.05, 0) is 48.9 Å². The predicted octanol–water partition coefficient (Wildman–Crippen LogP) is 3.30. The van der Waals surface area contributed by atoms with E-state index in [1.807, 2.05) is 10.8 Å². The van der Waals surface area contributed by atoms with Crippen LogP contribution < -0.4 is 10.0 Å². The molecule has 1 heterocycles. The second-order valence-corrected chi connectivity index (χ2v) is 8.25. The Labute approximate surface area is 172 Å². The summed E-state index contributed by atoms with van der Waals surface area (Å²) in [6.07, 6.45) is 5.84. The zero-order valence-electron chi connectivity index (χ0n) is 15.2. The topological polar surface area (TPSA) is 93.1 Å². The Kier molecular flexibility index (Phi) is 6.50. The molecule has 0 aliphatic rings. The Morgan fingerprint density at radius 2 is 1.93 bits per heavy atom. The Balaban J connectivity index is 1.67. The molecule has 10 heteroatoms. The van der Waals surface area contributed by atoms with Crippen LogP contribution in [-0.4, -0.2) is 30.4 Å². The number of imidazole rings is 1. The van der Waals surface area contributed by atoms with Gasteiger partial charge in [-0.1, -0.05) is 11.6 Å². The molecule has 0 bridgehead atoms. The molecule has 0 saturated carbocycles. The summed E-state index contributed by atoms with van der Waals surface area (Å²) in [5.41, 5.74) is 0.253. The van der Waals surface area contributed by atoms with E-state index in [-0.39, 0.29) is 21.2 Å². The number of carbonyl (C=O) groups excluding carboxylic acids is 1. The number of nitrogens with one attached hydrogen (secondary N) is 2. The van der Waals surface area contributed by atoms with Crippen molar-refractivity contribution < 1.29 is 17.6 Å². The Hall–Kier alpha value is -2.91. The van der Waals surface area contributed by atoms with E-state index in [1.165, 1.54) is 30.3 Å². The lowest BCUT2D eigenvalue weighted by Gasteiger charge is -2.11. The normalized spacial score (nSPS) is 11.2. The van der Waals surface area contributed by atoms with Gasteiger partial charge < -0.3 is 9.88 Å². The van der Waals surface area contributed by atoms with Crippen molar-refractivity contribution in [3.05, 3.63) is 77.6 Å². The van der Waals surface area contributed by atoms with Gasteiger partial charge in [-0.2, -0.15) is 0 Å². The standard InChI is InChI=1S/C19H18ClFN4O3S/c20-18-7-6-16(29(27,28)24-15-4-2-14(21)3-5-15)12-17(18)19(26)23-8-1-10-25-11-9-22-13-25/h2-7,9,11-13,24H,1,8,10H2,(H,23,26). The molecule has 0 unspecified atom stereocenters. The number of anilines is 1. The third-order valence-corrected chi connectivity index (χ3v) is 5.74. The molecular formula is C19H18ClFN4O3S. The maximum absolute atomic E-state index is 13.0. The van der Waals surface area contributed by atoms with Crippen molar-refractivity contribution in [1.82, 2.24) is 14.9 Å². The largest absolute Gasteiger partial charge is 0.352 e. The lowest BCUT2D eigenvalue weighted by Crippen LogP contribution is -2.26. The van der Waals surface area contributed by atoms with Gasteiger partial charge in [0.1, 0.15) is 5.82 Å². The van der Waals surface area contributed by atoms with Gasteiger partial charge in [-0.3, -0.25) is 9.52 Å². The summed E-state index contributed by atoms with van der Waals surface area (Å²) in [5.74, 6) is -0.953. The summed E-state index contributed by atoms with van der Waals surface area (Å²) in [4.78, 5) is 16.2. The Morgan fingerprint density at radius 3 is 2.62 bits per heavy atom. The minimum atomic E-state index is -3.98. The molecule has 0 spiro atoms. The fraction of sp³-hybridized carbons (Fsp3) is 0.158. The van der Waals surface area contributed by atoms with Crippen molar-refractivity contribution in [2.24, 2.45) is 0 Å². The van der Waals surface area contributed by atoms with Crippen LogP contribution in [0.5, 0.6) is 0 Å². The van der Waals surface area contributed by atoms with Crippen molar-refractivity contribution >= 4 is 33.2 Å². The quantitative estimate of drug-likeness (QED) is 0.530. The second kappa shape index (κ2) is 9.06. The number of carbonyl (C=O) groups is 1. The highest BCUT2D eigenvalue weighted by Gasteiger charge is 2.19. The molecule has 0 aliphatic heterocycles. The maximum Gasteiger partial charge on any atom is 0.261 e. The van der Waals surface area contributed by atoms with Crippen LogP contribution in [0.4, 0.5) is 10.1 Å². The number of rotatable bonds is 8. The van der Waals surface area contributed by atoms with E-state index in [2.05, 4.69) is 15.0 Å². The molecule has 0 radical (unpaired) electrons. The van der Waals surface area contributed by atoms with Crippen LogP contribution in [0.1, 0.15) is 16.8 Å². The first-order chi connectivity index (χ1) is 13.8.